The van der Waals surface area contributed by atoms with E-state index in [9.17, 15) is 9.90 Å². The van der Waals surface area contributed by atoms with Crippen LogP contribution in [0.15, 0.2) is 47.1 Å². The van der Waals surface area contributed by atoms with E-state index in [1.54, 1.807) is 11.0 Å². The fourth-order valence-electron chi connectivity index (χ4n) is 3.43. The number of amides is 1. The van der Waals surface area contributed by atoms with E-state index in [2.05, 4.69) is 5.10 Å². The number of furan rings is 1. The zero-order chi connectivity index (χ0) is 20.4. The van der Waals surface area contributed by atoms with Crippen LogP contribution in [-0.4, -0.2) is 32.2 Å². The lowest BCUT2D eigenvalue weighted by molar-refractivity contribution is 0.0701. The number of aliphatic hydroxyl groups is 1. The Morgan fingerprint density at radius 1 is 1.28 bits per heavy atom. The van der Waals surface area contributed by atoms with Crippen molar-refractivity contribution in [1.82, 2.24) is 14.7 Å². The molecule has 1 atom stereocenters. The summed E-state index contributed by atoms with van der Waals surface area (Å²) in [6, 6.07) is 11.3. The van der Waals surface area contributed by atoms with Gasteiger partial charge in [0, 0.05) is 6.54 Å². The molecule has 3 aromatic rings. The second-order valence-corrected chi connectivity index (χ2v) is 7.29. The molecule has 1 aliphatic rings. The number of aryl methyl sites for hydroxylation is 1. The molecule has 0 saturated heterocycles. The zero-order valence-corrected chi connectivity index (χ0v) is 16.7. The van der Waals surface area contributed by atoms with Crippen LogP contribution in [0.25, 0.3) is 0 Å². The average Bonchev–Trinajstić information content (AvgIpc) is 3.38. The number of benzene rings is 1. The Hall–Kier alpha value is -3.06. The normalized spacial score (nSPS) is 14.5. The molecule has 1 amide bonds. The minimum absolute atomic E-state index is 0.0914. The molecule has 29 heavy (non-hydrogen) atoms. The van der Waals surface area contributed by atoms with E-state index in [0.29, 0.717) is 43.1 Å². The summed E-state index contributed by atoms with van der Waals surface area (Å²) in [6.45, 7) is 5.73. The topological polar surface area (TPSA) is 80.7 Å². The van der Waals surface area contributed by atoms with Gasteiger partial charge in [-0.3, -0.25) is 9.48 Å². The van der Waals surface area contributed by atoms with Crippen molar-refractivity contribution in [2.45, 2.75) is 46.1 Å². The van der Waals surface area contributed by atoms with Crippen LogP contribution in [0.2, 0.25) is 0 Å². The quantitative estimate of drug-likeness (QED) is 0.691. The van der Waals surface area contributed by atoms with Crippen LogP contribution >= 0.6 is 0 Å². The Kier molecular flexibility index (Phi) is 5.40. The molecule has 4 rings (SSSR count). The molecule has 0 radical (unpaired) electrons. The predicted octanol–water partition coefficient (Wildman–Crippen LogP) is 3.46. The van der Waals surface area contributed by atoms with E-state index < -0.39 is 6.10 Å². The molecule has 0 spiro atoms. The first-order chi connectivity index (χ1) is 14.0. The molecule has 1 aromatic carbocycles. The summed E-state index contributed by atoms with van der Waals surface area (Å²) in [5.41, 5.74) is 3.25. The number of hydrogen-bond acceptors (Lipinski definition) is 5. The summed E-state index contributed by atoms with van der Waals surface area (Å²) in [6.07, 6.45) is 1.56. The van der Waals surface area contributed by atoms with Crippen molar-refractivity contribution in [2.75, 3.05) is 6.54 Å². The summed E-state index contributed by atoms with van der Waals surface area (Å²) in [5.74, 6) is 1.15. The highest BCUT2D eigenvalue weighted by Crippen LogP contribution is 2.23. The van der Waals surface area contributed by atoms with Crippen LogP contribution in [0.5, 0.6) is 5.75 Å². The van der Waals surface area contributed by atoms with Crippen molar-refractivity contribution in [3.8, 4) is 5.75 Å². The van der Waals surface area contributed by atoms with Crippen LogP contribution in [0.3, 0.4) is 0 Å². The Morgan fingerprint density at radius 3 is 2.83 bits per heavy atom. The third-order valence-corrected chi connectivity index (χ3v) is 5.20. The van der Waals surface area contributed by atoms with Crippen LogP contribution in [0.4, 0.5) is 0 Å². The van der Waals surface area contributed by atoms with Crippen molar-refractivity contribution in [1.29, 1.82) is 0 Å². The van der Waals surface area contributed by atoms with E-state index in [1.807, 2.05) is 48.9 Å². The van der Waals surface area contributed by atoms with Gasteiger partial charge in [0.15, 0.2) is 5.76 Å². The Labute approximate surface area is 169 Å². The Morgan fingerprint density at radius 2 is 2.07 bits per heavy atom. The largest absolute Gasteiger partial charge is 0.486 e. The summed E-state index contributed by atoms with van der Waals surface area (Å²) in [7, 11) is 0. The van der Waals surface area contributed by atoms with E-state index in [1.165, 1.54) is 6.26 Å². The molecule has 0 fully saturated rings. The molecule has 0 aliphatic carbocycles. The van der Waals surface area contributed by atoms with Gasteiger partial charge < -0.3 is 19.2 Å². The molecule has 152 valence electrons. The standard InChI is InChI=1S/C22H25N3O4/c1-3-20(26)19-12-16-13-24(9-10-25(16)23-19)22(27)18-8-11-28-21(18)14-29-17-6-4-15(2)5-7-17/h4-8,11-12,20,26H,3,9-10,13-14H2,1-2H3/t20-/m1/s1. The molecule has 1 N–H and O–H groups in total. The predicted molar refractivity (Wildman–Crippen MR) is 106 cm³/mol. The van der Waals surface area contributed by atoms with E-state index >= 15 is 0 Å². The van der Waals surface area contributed by atoms with Gasteiger partial charge in [-0.25, -0.2) is 0 Å². The van der Waals surface area contributed by atoms with Gasteiger partial charge in [-0.2, -0.15) is 5.10 Å². The van der Waals surface area contributed by atoms with Gasteiger partial charge in [0.2, 0.25) is 0 Å². The maximum atomic E-state index is 13.1. The van der Waals surface area contributed by atoms with E-state index in [4.69, 9.17) is 9.15 Å². The molecule has 7 nitrogen and oxygen atoms in total. The monoisotopic (exact) mass is 395 g/mol. The number of nitrogens with zero attached hydrogens (tertiary/aromatic N) is 3. The van der Waals surface area contributed by atoms with Gasteiger partial charge in [0.25, 0.3) is 5.91 Å². The molecule has 7 heteroatoms. The summed E-state index contributed by atoms with van der Waals surface area (Å²) in [5, 5.41) is 14.5. The number of carbonyl (C=O) groups is 1. The van der Waals surface area contributed by atoms with Crippen molar-refractivity contribution in [2.24, 2.45) is 0 Å². The fraction of sp³-hybridized carbons (Fsp3) is 0.364. The van der Waals surface area contributed by atoms with Crippen LogP contribution < -0.4 is 4.74 Å². The lowest BCUT2D eigenvalue weighted by atomic mass is 10.1. The minimum atomic E-state index is -0.573. The highest BCUT2D eigenvalue weighted by atomic mass is 16.5. The molecule has 3 heterocycles. The minimum Gasteiger partial charge on any atom is -0.486 e. The number of ether oxygens (including phenoxy) is 1. The number of rotatable bonds is 6. The highest BCUT2D eigenvalue weighted by Gasteiger charge is 2.27. The summed E-state index contributed by atoms with van der Waals surface area (Å²) >= 11 is 0. The SMILES string of the molecule is CC[C@@H](O)c1cc2n(n1)CCN(C(=O)c1ccoc1COc1ccc(C)cc1)C2. The first-order valence-corrected chi connectivity index (χ1v) is 9.85. The highest BCUT2D eigenvalue weighted by molar-refractivity contribution is 5.95. The second kappa shape index (κ2) is 8.13. The van der Waals surface area contributed by atoms with Gasteiger partial charge in [-0.15, -0.1) is 0 Å². The van der Waals surface area contributed by atoms with E-state index in [-0.39, 0.29) is 12.5 Å². The smallest absolute Gasteiger partial charge is 0.257 e. The average molecular weight is 395 g/mol. The lowest BCUT2D eigenvalue weighted by Crippen LogP contribution is -2.38. The molecular weight excluding hydrogens is 370 g/mol. The molecule has 0 saturated carbocycles. The fourth-order valence-corrected chi connectivity index (χ4v) is 3.43. The first-order valence-electron chi connectivity index (χ1n) is 9.85. The molecule has 0 bridgehead atoms. The lowest BCUT2D eigenvalue weighted by Gasteiger charge is -2.27. The number of aromatic nitrogens is 2. The third kappa shape index (κ3) is 4.05. The van der Waals surface area contributed by atoms with Gasteiger partial charge in [0.1, 0.15) is 12.4 Å². The van der Waals surface area contributed by atoms with Gasteiger partial charge in [0.05, 0.1) is 42.4 Å². The van der Waals surface area contributed by atoms with Gasteiger partial charge >= 0.3 is 0 Å². The van der Waals surface area contributed by atoms with Gasteiger partial charge in [-0.1, -0.05) is 24.6 Å². The number of fused-ring (bicyclic) bond motifs is 1. The van der Waals surface area contributed by atoms with Crippen molar-refractivity contribution >= 4 is 5.91 Å². The first kappa shape index (κ1) is 19.3. The Balaban J connectivity index is 1.44. The van der Waals surface area contributed by atoms with Crippen molar-refractivity contribution < 1.29 is 19.1 Å². The molecule has 2 aromatic heterocycles. The molecule has 0 unspecified atom stereocenters. The summed E-state index contributed by atoms with van der Waals surface area (Å²) in [4.78, 5) is 14.9. The van der Waals surface area contributed by atoms with Crippen molar-refractivity contribution in [3.05, 3.63) is 70.9 Å². The molecule has 1 aliphatic heterocycles. The second-order valence-electron chi connectivity index (χ2n) is 7.29. The van der Waals surface area contributed by atoms with Crippen LogP contribution in [0, 0.1) is 6.92 Å². The molecular formula is C22H25N3O4. The van der Waals surface area contributed by atoms with Crippen LogP contribution in [0.1, 0.15) is 52.5 Å². The summed E-state index contributed by atoms with van der Waals surface area (Å²) < 4.78 is 13.2. The maximum absolute atomic E-state index is 13.1. The van der Waals surface area contributed by atoms with Crippen LogP contribution in [-0.2, 0) is 19.7 Å². The Bertz CT molecular complexity index is 990. The maximum Gasteiger partial charge on any atom is 0.257 e. The number of carbonyl (C=O) groups excluding carboxylic acids is 1. The van der Waals surface area contributed by atoms with Gasteiger partial charge in [-0.05, 0) is 37.6 Å². The number of aliphatic hydroxyl groups excluding tert-OH is 1. The third-order valence-electron chi connectivity index (χ3n) is 5.20. The number of hydrogen-bond donors (Lipinski definition) is 1. The van der Waals surface area contributed by atoms with E-state index in [0.717, 1.165) is 17.0 Å². The zero-order valence-electron chi connectivity index (χ0n) is 16.7. The van der Waals surface area contributed by atoms with Crippen molar-refractivity contribution in [3.63, 3.8) is 0 Å².